The zero-order chi connectivity index (χ0) is 64.3. The van der Waals surface area contributed by atoms with E-state index in [1.165, 1.54) is 140 Å². The van der Waals surface area contributed by atoms with Crippen LogP contribution >= 0.6 is 0 Å². The number of hydrogen-bond acceptors (Lipinski definition) is 3. The lowest BCUT2D eigenvalue weighted by Gasteiger charge is -2.53. The molecule has 1 atom stereocenters. The third-order valence-corrected chi connectivity index (χ3v) is 25.2. The fourth-order valence-corrected chi connectivity index (χ4v) is 19.2. The van der Waals surface area contributed by atoms with Gasteiger partial charge < -0.3 is 14.7 Å². The van der Waals surface area contributed by atoms with Crippen LogP contribution in [0, 0.1) is 13.8 Å². The van der Waals surface area contributed by atoms with E-state index in [0.717, 1.165) is 42.7 Å². The van der Waals surface area contributed by atoms with Gasteiger partial charge in [0.2, 0.25) is 0 Å². The lowest BCUT2D eigenvalue weighted by atomic mass is 9.33. The second kappa shape index (κ2) is 18.3. The number of hydrogen-bond donors (Lipinski definition) is 0. The van der Waals surface area contributed by atoms with E-state index in [4.69, 9.17) is 0 Å². The van der Waals surface area contributed by atoms with Crippen LogP contribution in [0.25, 0.3) is 11.1 Å². The first-order valence-corrected chi connectivity index (χ1v) is 34.4. The smallest absolute Gasteiger partial charge is 0.252 e. The van der Waals surface area contributed by atoms with Crippen molar-refractivity contribution in [1.82, 2.24) is 0 Å². The van der Waals surface area contributed by atoms with E-state index in [2.05, 4.69) is 301 Å². The predicted octanol–water partition coefficient (Wildman–Crippen LogP) is 21.7. The van der Waals surface area contributed by atoms with E-state index < -0.39 is 0 Å². The summed E-state index contributed by atoms with van der Waals surface area (Å²) >= 11 is 0. The first kappa shape index (κ1) is 59.5. The van der Waals surface area contributed by atoms with Gasteiger partial charge in [-0.05, 0) is 238 Å². The molecule has 1 unspecified atom stereocenters. The van der Waals surface area contributed by atoms with Crippen molar-refractivity contribution in [3.8, 4) is 11.1 Å². The summed E-state index contributed by atoms with van der Waals surface area (Å²) in [5.41, 5.74) is 36.3. The Morgan fingerprint density at radius 3 is 1.40 bits per heavy atom. The van der Waals surface area contributed by atoms with Crippen LogP contribution < -0.4 is 31.1 Å². The summed E-state index contributed by atoms with van der Waals surface area (Å²) in [5.74, 6) is 0. The first-order chi connectivity index (χ1) is 41.8. The van der Waals surface area contributed by atoms with Gasteiger partial charge in [0.1, 0.15) is 0 Å². The molecule has 0 radical (unpaired) electrons. The van der Waals surface area contributed by atoms with Gasteiger partial charge in [-0.25, -0.2) is 0 Å². The summed E-state index contributed by atoms with van der Waals surface area (Å²) in [4.78, 5) is 8.27. The highest BCUT2D eigenvalue weighted by molar-refractivity contribution is 7.00. The molecule has 3 aliphatic heterocycles. The Morgan fingerprint density at radius 1 is 0.389 bits per heavy atom. The molecule has 8 aromatic rings. The summed E-state index contributed by atoms with van der Waals surface area (Å²) in [7, 11) is 0. The van der Waals surface area contributed by atoms with E-state index in [1.54, 1.807) is 0 Å². The Balaban J connectivity index is 1.15. The molecule has 0 spiro atoms. The quantitative estimate of drug-likeness (QED) is 0.163. The summed E-state index contributed by atoms with van der Waals surface area (Å²) in [6.45, 7) is 56.7. The number of anilines is 9. The minimum absolute atomic E-state index is 0.000268. The molecule has 0 N–H and O–H groups in total. The largest absolute Gasteiger partial charge is 0.311 e. The number of nitrogens with zero attached hydrogens (tertiary/aromatic N) is 3. The average Bonchev–Trinajstić information content (AvgIpc) is 1.23. The molecule has 4 heteroatoms. The van der Waals surface area contributed by atoms with Crippen LogP contribution in [0.4, 0.5) is 51.2 Å². The van der Waals surface area contributed by atoms with E-state index >= 15 is 0 Å². The van der Waals surface area contributed by atoms with Gasteiger partial charge in [0.05, 0.1) is 5.69 Å². The topological polar surface area (TPSA) is 9.72 Å². The van der Waals surface area contributed by atoms with Crippen molar-refractivity contribution >= 4 is 74.3 Å². The molecule has 4 bridgehead atoms. The standard InChI is InChI=1S/C86H100BN3/c1-50-40-61-64(80(11,12)37-36-79(61,9)10)46-69(50)89-71-47-65-63(82(15,16)49-83(65,17)18)45-68(71)87-67-35-34-60-74-58-42-54(28-33-59(58)84(60,19)20)85(21,22)86(23)39-38-81(13,14)62-41-51(2)70(48-66(62)86)90(76(67)74)73-44-57(43-72(89)75(73)87)88(55-29-24-52(25-30-55)77(3,4)5)56-31-26-53(27-32-56)78(6,7)8/h24-35,40-48H,36-39,49H2,1-23H3. The Labute approximate surface area is 542 Å². The molecule has 0 aromatic heterocycles. The highest BCUT2D eigenvalue weighted by Gasteiger charge is 2.55. The Kier molecular flexibility index (Phi) is 12.1. The summed E-state index contributed by atoms with van der Waals surface area (Å²) in [6, 6.07) is 53.5. The highest BCUT2D eigenvalue weighted by Crippen LogP contribution is 2.63. The Morgan fingerprint density at radius 2 is 0.844 bits per heavy atom. The molecule has 0 saturated heterocycles. The molecule has 462 valence electrons. The number of rotatable bonds is 4. The van der Waals surface area contributed by atoms with Crippen molar-refractivity contribution in [2.45, 2.75) is 245 Å². The van der Waals surface area contributed by atoms with Crippen LogP contribution in [0.5, 0.6) is 0 Å². The van der Waals surface area contributed by atoms with Crippen molar-refractivity contribution in [1.29, 1.82) is 0 Å². The number of benzene rings is 8. The molecule has 0 amide bonds. The van der Waals surface area contributed by atoms with Crippen molar-refractivity contribution < 1.29 is 0 Å². The average molecular weight is 1190 g/mol. The zero-order valence-electron chi connectivity index (χ0n) is 59.1. The second-order valence-electron chi connectivity index (χ2n) is 36.1. The molecule has 4 aliphatic carbocycles. The monoisotopic (exact) mass is 1190 g/mol. The maximum Gasteiger partial charge on any atom is 0.252 e. The zero-order valence-corrected chi connectivity index (χ0v) is 59.1. The Bertz CT molecular complexity index is 4370. The fourth-order valence-electron chi connectivity index (χ4n) is 19.2. The van der Waals surface area contributed by atoms with Gasteiger partial charge in [-0.1, -0.05) is 218 Å². The van der Waals surface area contributed by atoms with Crippen LogP contribution in [0.3, 0.4) is 0 Å². The van der Waals surface area contributed by atoms with E-state index in [9.17, 15) is 0 Å². The van der Waals surface area contributed by atoms with E-state index in [0.29, 0.717) is 0 Å². The van der Waals surface area contributed by atoms with Crippen molar-refractivity contribution in [3.63, 3.8) is 0 Å². The lowest BCUT2D eigenvalue weighted by Crippen LogP contribution is -2.62. The lowest BCUT2D eigenvalue weighted by molar-refractivity contribution is 0.208. The molecule has 0 saturated carbocycles. The summed E-state index contributed by atoms with van der Waals surface area (Å²) in [5, 5.41) is 0. The van der Waals surface area contributed by atoms with Gasteiger partial charge in [-0.2, -0.15) is 0 Å². The van der Waals surface area contributed by atoms with Gasteiger partial charge in [0.15, 0.2) is 0 Å². The summed E-state index contributed by atoms with van der Waals surface area (Å²) < 4.78 is 0. The number of fused-ring (bicyclic) bond motifs is 9. The SMILES string of the molecule is Cc1cc2c(cc1N1c3cc4c(cc3B3c5ccc6c7c5N(c5cc8c(cc5C)C(C)(C)CCC8(C)C(C)(C)c5ccc(c-7c5)C6(C)C)c5cc(N(c6ccc(C(C)(C)C)cc6)c6ccc(C(C)(C)C)cc6)cc1c53)C(C)(C)CC4(C)C)C(C)(C)CCC2(C)C. The van der Waals surface area contributed by atoms with Crippen LogP contribution in [0.2, 0.25) is 0 Å². The third kappa shape index (κ3) is 8.09. The molecule has 3 nitrogen and oxygen atoms in total. The number of aryl methyl sites for hydroxylation is 2. The third-order valence-electron chi connectivity index (χ3n) is 25.2. The predicted molar refractivity (Wildman–Crippen MR) is 388 cm³/mol. The molecule has 15 rings (SSSR count). The van der Waals surface area contributed by atoms with Gasteiger partial charge >= 0.3 is 0 Å². The summed E-state index contributed by atoms with van der Waals surface area (Å²) in [6.07, 6.45) is 5.67. The molecule has 3 heterocycles. The maximum atomic E-state index is 2.86. The molecular formula is C86H100BN3. The maximum absolute atomic E-state index is 2.86. The van der Waals surface area contributed by atoms with Crippen molar-refractivity contribution in [2.75, 3.05) is 14.7 Å². The molecule has 8 aromatic carbocycles. The first-order valence-electron chi connectivity index (χ1n) is 34.4. The normalized spacial score (nSPS) is 21.4. The van der Waals surface area contributed by atoms with E-state index in [1.807, 2.05) is 0 Å². The molecule has 7 aliphatic rings. The van der Waals surface area contributed by atoms with Crippen LogP contribution in [0.1, 0.15) is 250 Å². The molecule has 90 heavy (non-hydrogen) atoms. The van der Waals surface area contributed by atoms with Gasteiger partial charge in [0.25, 0.3) is 6.71 Å². The minimum Gasteiger partial charge on any atom is -0.311 e. The van der Waals surface area contributed by atoms with Crippen LogP contribution in [-0.2, 0) is 54.1 Å². The Hall–Kier alpha value is -6.78. The van der Waals surface area contributed by atoms with Crippen LogP contribution in [-0.4, -0.2) is 6.71 Å². The van der Waals surface area contributed by atoms with Crippen LogP contribution in [0.15, 0.2) is 127 Å². The van der Waals surface area contributed by atoms with Gasteiger partial charge in [0, 0.05) is 61.9 Å². The molecule has 0 fully saturated rings. The van der Waals surface area contributed by atoms with Gasteiger partial charge in [-0.15, -0.1) is 0 Å². The van der Waals surface area contributed by atoms with Gasteiger partial charge in [-0.3, -0.25) is 0 Å². The minimum atomic E-state index is -0.229. The van der Waals surface area contributed by atoms with Crippen molar-refractivity contribution in [2.24, 2.45) is 0 Å². The fraction of sp³-hybridized carbons (Fsp3) is 0.442. The molecular weight excluding hydrogens is 1090 g/mol. The second-order valence-corrected chi connectivity index (χ2v) is 36.1. The highest BCUT2D eigenvalue weighted by atomic mass is 15.2. The van der Waals surface area contributed by atoms with E-state index in [-0.39, 0.29) is 60.9 Å². The van der Waals surface area contributed by atoms with Crippen molar-refractivity contribution in [3.05, 3.63) is 200 Å².